The van der Waals surface area contributed by atoms with Gasteiger partial charge in [-0.1, -0.05) is 24.8 Å². The van der Waals surface area contributed by atoms with Gasteiger partial charge in [0.1, 0.15) is 18.2 Å². The minimum absolute atomic E-state index is 0.0562. The Morgan fingerprint density at radius 1 is 1.27 bits per heavy atom. The number of para-hydroxylation sites is 1. The Balaban J connectivity index is 1.63. The van der Waals surface area contributed by atoms with Gasteiger partial charge in [-0.05, 0) is 36.4 Å². The molecule has 1 heterocycles. The molecule has 1 aliphatic rings. The van der Waals surface area contributed by atoms with E-state index in [1.54, 1.807) is 42.5 Å². The summed E-state index contributed by atoms with van der Waals surface area (Å²) in [6.07, 6.45) is 1.70. The van der Waals surface area contributed by atoms with Gasteiger partial charge in [-0.15, -0.1) is 0 Å². The molecule has 5 nitrogen and oxygen atoms in total. The van der Waals surface area contributed by atoms with Crippen molar-refractivity contribution in [2.75, 3.05) is 23.4 Å². The van der Waals surface area contributed by atoms with Crippen LogP contribution < -0.4 is 15.0 Å². The van der Waals surface area contributed by atoms with Crippen LogP contribution in [0.3, 0.4) is 0 Å². The number of halogens is 1. The maximum Gasteiger partial charge on any atom is 0.229 e. The van der Waals surface area contributed by atoms with Gasteiger partial charge in [-0.3, -0.25) is 9.59 Å². The van der Waals surface area contributed by atoms with Crippen molar-refractivity contribution >= 4 is 23.2 Å². The molecule has 2 aromatic rings. The summed E-state index contributed by atoms with van der Waals surface area (Å²) in [5.74, 6) is -0.860. The molecule has 1 saturated heterocycles. The van der Waals surface area contributed by atoms with E-state index in [-0.39, 0.29) is 30.5 Å². The smallest absolute Gasteiger partial charge is 0.229 e. The number of rotatable bonds is 6. The lowest BCUT2D eigenvalue weighted by molar-refractivity contribution is -0.122. The first-order chi connectivity index (χ1) is 12.6. The highest BCUT2D eigenvalue weighted by Gasteiger charge is 2.36. The average molecular weight is 354 g/mol. The van der Waals surface area contributed by atoms with E-state index >= 15 is 0 Å². The number of nitrogens with one attached hydrogen (secondary N) is 1. The number of benzene rings is 2. The van der Waals surface area contributed by atoms with Crippen LogP contribution >= 0.6 is 0 Å². The van der Waals surface area contributed by atoms with Crippen LogP contribution in [0.15, 0.2) is 61.2 Å². The molecule has 0 unspecified atom stereocenters. The molecule has 2 aromatic carbocycles. The lowest BCUT2D eigenvalue weighted by Gasteiger charge is -2.17. The van der Waals surface area contributed by atoms with Crippen LogP contribution in [-0.2, 0) is 9.59 Å². The largest absolute Gasteiger partial charge is 0.490 e. The summed E-state index contributed by atoms with van der Waals surface area (Å²) in [7, 11) is 0. The third-order valence-corrected chi connectivity index (χ3v) is 4.13. The molecule has 0 aliphatic carbocycles. The van der Waals surface area contributed by atoms with Crippen LogP contribution in [0.1, 0.15) is 6.42 Å². The summed E-state index contributed by atoms with van der Waals surface area (Å²) >= 11 is 0. The van der Waals surface area contributed by atoms with Gasteiger partial charge in [0.2, 0.25) is 11.8 Å². The molecule has 1 N–H and O–H groups in total. The standard InChI is InChI=1S/C20H19FN2O3/c1-2-11-26-16-9-7-15(8-10-16)22-20(25)14-12-19(24)23(13-14)18-6-4-3-5-17(18)21/h2-10,14H,1,11-13H2,(H,22,25)/t14-/m1/s1. The zero-order valence-electron chi connectivity index (χ0n) is 14.2. The van der Waals surface area contributed by atoms with Crippen molar-refractivity contribution in [2.24, 2.45) is 5.92 Å². The molecule has 3 rings (SSSR count). The first kappa shape index (κ1) is 17.7. The van der Waals surface area contributed by atoms with E-state index in [0.29, 0.717) is 18.0 Å². The van der Waals surface area contributed by atoms with Crippen LogP contribution in [0.2, 0.25) is 0 Å². The predicted octanol–water partition coefficient (Wildman–Crippen LogP) is 3.38. The van der Waals surface area contributed by atoms with Crippen LogP contribution in [0.4, 0.5) is 15.8 Å². The molecule has 134 valence electrons. The maximum absolute atomic E-state index is 13.9. The first-order valence-electron chi connectivity index (χ1n) is 8.28. The van der Waals surface area contributed by atoms with Crippen molar-refractivity contribution in [3.05, 3.63) is 67.0 Å². The Bertz CT molecular complexity index is 820. The van der Waals surface area contributed by atoms with E-state index in [4.69, 9.17) is 4.74 Å². The quantitative estimate of drug-likeness (QED) is 0.809. The monoisotopic (exact) mass is 354 g/mol. The second kappa shape index (κ2) is 7.82. The summed E-state index contributed by atoms with van der Waals surface area (Å²) in [4.78, 5) is 26.0. The SMILES string of the molecule is C=CCOc1ccc(NC(=O)[C@@H]2CC(=O)N(c3ccccc3F)C2)cc1. The fourth-order valence-corrected chi connectivity index (χ4v) is 2.82. The Morgan fingerprint density at radius 3 is 2.69 bits per heavy atom. The third kappa shape index (κ3) is 3.91. The van der Waals surface area contributed by atoms with Gasteiger partial charge in [0, 0.05) is 18.7 Å². The summed E-state index contributed by atoms with van der Waals surface area (Å²) in [6.45, 7) is 4.14. The lowest BCUT2D eigenvalue weighted by atomic mass is 10.1. The molecule has 26 heavy (non-hydrogen) atoms. The Morgan fingerprint density at radius 2 is 2.00 bits per heavy atom. The molecule has 0 saturated carbocycles. The van der Waals surface area contributed by atoms with Gasteiger partial charge in [0.05, 0.1) is 11.6 Å². The van der Waals surface area contributed by atoms with Crippen molar-refractivity contribution in [3.63, 3.8) is 0 Å². The maximum atomic E-state index is 13.9. The van der Waals surface area contributed by atoms with Gasteiger partial charge < -0.3 is 15.0 Å². The zero-order chi connectivity index (χ0) is 18.5. The summed E-state index contributed by atoms with van der Waals surface area (Å²) in [6, 6.07) is 13.0. The van der Waals surface area contributed by atoms with E-state index in [1.807, 2.05) is 0 Å². The highest BCUT2D eigenvalue weighted by Crippen LogP contribution is 2.28. The third-order valence-electron chi connectivity index (χ3n) is 4.13. The van der Waals surface area contributed by atoms with Gasteiger partial charge in [-0.2, -0.15) is 0 Å². The summed E-state index contributed by atoms with van der Waals surface area (Å²) in [5, 5.41) is 2.79. The Kier molecular flexibility index (Phi) is 5.31. The first-order valence-corrected chi connectivity index (χ1v) is 8.28. The molecule has 1 atom stereocenters. The highest BCUT2D eigenvalue weighted by molar-refractivity contribution is 6.03. The molecular formula is C20H19FN2O3. The van der Waals surface area contributed by atoms with E-state index in [0.717, 1.165) is 0 Å². The van der Waals surface area contributed by atoms with Crippen molar-refractivity contribution in [1.29, 1.82) is 0 Å². The second-order valence-corrected chi connectivity index (χ2v) is 5.97. The number of hydrogen-bond donors (Lipinski definition) is 1. The zero-order valence-corrected chi connectivity index (χ0v) is 14.2. The van der Waals surface area contributed by atoms with Crippen LogP contribution in [-0.4, -0.2) is 25.0 Å². The molecule has 0 aromatic heterocycles. The minimum atomic E-state index is -0.529. The number of ether oxygens (including phenoxy) is 1. The van der Waals surface area contributed by atoms with Crippen molar-refractivity contribution < 1.29 is 18.7 Å². The Hall–Kier alpha value is -3.15. The highest BCUT2D eigenvalue weighted by atomic mass is 19.1. The predicted molar refractivity (Wildman–Crippen MR) is 97.6 cm³/mol. The van der Waals surface area contributed by atoms with Gasteiger partial charge in [-0.25, -0.2) is 4.39 Å². The number of hydrogen-bond acceptors (Lipinski definition) is 3. The molecule has 0 spiro atoms. The summed E-state index contributed by atoms with van der Waals surface area (Å²) in [5.41, 5.74) is 0.814. The van der Waals surface area contributed by atoms with Crippen molar-refractivity contribution in [3.8, 4) is 5.75 Å². The van der Waals surface area contributed by atoms with Crippen molar-refractivity contribution in [1.82, 2.24) is 0 Å². The molecular weight excluding hydrogens is 335 g/mol. The van der Waals surface area contributed by atoms with Gasteiger partial charge in [0.25, 0.3) is 0 Å². The molecule has 1 aliphatic heterocycles. The van der Waals surface area contributed by atoms with E-state index in [9.17, 15) is 14.0 Å². The van der Waals surface area contributed by atoms with Crippen LogP contribution in [0.25, 0.3) is 0 Å². The molecule has 6 heteroatoms. The fourth-order valence-electron chi connectivity index (χ4n) is 2.82. The normalized spacial score (nSPS) is 16.4. The number of amides is 2. The topological polar surface area (TPSA) is 58.6 Å². The van der Waals surface area contributed by atoms with Crippen LogP contribution in [0, 0.1) is 11.7 Å². The number of nitrogens with zero attached hydrogens (tertiary/aromatic N) is 1. The van der Waals surface area contributed by atoms with Crippen LogP contribution in [0.5, 0.6) is 5.75 Å². The number of carbonyl (C=O) groups excluding carboxylic acids is 2. The second-order valence-electron chi connectivity index (χ2n) is 5.97. The van der Waals surface area contributed by atoms with E-state index < -0.39 is 11.7 Å². The summed E-state index contributed by atoms with van der Waals surface area (Å²) < 4.78 is 19.3. The van der Waals surface area contributed by atoms with E-state index in [1.165, 1.54) is 17.0 Å². The number of carbonyl (C=O) groups is 2. The molecule has 0 bridgehead atoms. The fraction of sp³-hybridized carbons (Fsp3) is 0.200. The molecule has 1 fully saturated rings. The lowest BCUT2D eigenvalue weighted by Crippen LogP contribution is -2.28. The van der Waals surface area contributed by atoms with Crippen molar-refractivity contribution in [2.45, 2.75) is 6.42 Å². The Labute approximate surface area is 151 Å². The minimum Gasteiger partial charge on any atom is -0.490 e. The number of anilines is 2. The molecule has 0 radical (unpaired) electrons. The van der Waals surface area contributed by atoms with Gasteiger partial charge >= 0.3 is 0 Å². The molecule has 2 amide bonds. The average Bonchev–Trinajstić information content (AvgIpc) is 3.03. The van der Waals surface area contributed by atoms with Gasteiger partial charge in [0.15, 0.2) is 0 Å². The van der Waals surface area contributed by atoms with E-state index in [2.05, 4.69) is 11.9 Å².